The summed E-state index contributed by atoms with van der Waals surface area (Å²) < 4.78 is 5.88. The van der Waals surface area contributed by atoms with E-state index in [4.69, 9.17) is 4.74 Å². The zero-order chi connectivity index (χ0) is 27.6. The molecule has 1 aromatic heterocycles. The third kappa shape index (κ3) is 5.64. The van der Waals surface area contributed by atoms with Gasteiger partial charge in [0.15, 0.2) is 0 Å². The van der Waals surface area contributed by atoms with Gasteiger partial charge < -0.3 is 14.7 Å². The zero-order valence-corrected chi connectivity index (χ0v) is 23.0. The van der Waals surface area contributed by atoms with Crippen LogP contribution in [0.2, 0.25) is 0 Å². The highest BCUT2D eigenvalue weighted by atomic mass is 16.5. The number of carbonyl (C=O) groups excluding carboxylic acids is 2. The van der Waals surface area contributed by atoms with E-state index in [0.717, 1.165) is 28.0 Å². The molecule has 2 heterocycles. The number of hydrogen-bond acceptors (Lipinski definition) is 5. The van der Waals surface area contributed by atoms with Crippen molar-refractivity contribution in [1.29, 1.82) is 0 Å². The van der Waals surface area contributed by atoms with Gasteiger partial charge in [0, 0.05) is 24.5 Å². The SMILES string of the molecule is Cc1cc(C(O)=C2C(=O)C(=O)N(Cc3cccnc3)[C@H]2c2ccc(C(C)(C)C)cc2)ccc1OCC(C)C. The molecule has 0 saturated carbocycles. The van der Waals surface area contributed by atoms with E-state index in [9.17, 15) is 14.7 Å². The molecule has 198 valence electrons. The molecule has 0 bridgehead atoms. The first-order valence-corrected chi connectivity index (χ1v) is 13.0. The Morgan fingerprint density at radius 1 is 1.08 bits per heavy atom. The number of Topliss-reactive ketones (excluding diaryl/α,β-unsaturated/α-hetero) is 1. The van der Waals surface area contributed by atoms with E-state index >= 15 is 0 Å². The van der Waals surface area contributed by atoms with Gasteiger partial charge in [-0.25, -0.2) is 0 Å². The number of aliphatic hydroxyl groups is 1. The van der Waals surface area contributed by atoms with Crippen LogP contribution in [0.3, 0.4) is 0 Å². The van der Waals surface area contributed by atoms with Gasteiger partial charge in [-0.1, -0.05) is 65.0 Å². The van der Waals surface area contributed by atoms with E-state index in [1.165, 1.54) is 4.90 Å². The topological polar surface area (TPSA) is 79.7 Å². The molecule has 1 aliphatic heterocycles. The minimum Gasteiger partial charge on any atom is -0.507 e. The van der Waals surface area contributed by atoms with Gasteiger partial charge in [0.05, 0.1) is 18.2 Å². The number of aliphatic hydroxyl groups excluding tert-OH is 1. The van der Waals surface area contributed by atoms with Crippen molar-refractivity contribution in [3.63, 3.8) is 0 Å². The minimum absolute atomic E-state index is 0.0486. The van der Waals surface area contributed by atoms with Crippen LogP contribution in [0.15, 0.2) is 72.6 Å². The second-order valence-electron chi connectivity index (χ2n) is 11.3. The van der Waals surface area contributed by atoms with E-state index in [1.807, 2.05) is 37.3 Å². The Labute approximate surface area is 225 Å². The fourth-order valence-corrected chi connectivity index (χ4v) is 4.61. The molecule has 1 atom stereocenters. The van der Waals surface area contributed by atoms with Gasteiger partial charge in [-0.15, -0.1) is 0 Å². The molecule has 6 heteroatoms. The van der Waals surface area contributed by atoms with E-state index in [-0.39, 0.29) is 23.3 Å². The maximum atomic E-state index is 13.4. The molecule has 2 aromatic carbocycles. The van der Waals surface area contributed by atoms with Crippen LogP contribution in [0.5, 0.6) is 5.75 Å². The molecule has 0 unspecified atom stereocenters. The van der Waals surface area contributed by atoms with Gasteiger partial charge in [0.2, 0.25) is 0 Å². The molecule has 38 heavy (non-hydrogen) atoms. The third-order valence-corrected chi connectivity index (χ3v) is 6.73. The quantitative estimate of drug-likeness (QED) is 0.227. The molecule has 6 nitrogen and oxygen atoms in total. The van der Waals surface area contributed by atoms with Crippen LogP contribution in [0.1, 0.15) is 68.5 Å². The maximum Gasteiger partial charge on any atom is 0.295 e. The summed E-state index contributed by atoms with van der Waals surface area (Å²) in [6.07, 6.45) is 3.34. The van der Waals surface area contributed by atoms with Crippen LogP contribution in [0.25, 0.3) is 5.76 Å². The van der Waals surface area contributed by atoms with E-state index in [2.05, 4.69) is 39.6 Å². The maximum absolute atomic E-state index is 13.4. The van der Waals surface area contributed by atoms with Gasteiger partial charge in [-0.05, 0) is 64.8 Å². The van der Waals surface area contributed by atoms with Crippen molar-refractivity contribution in [3.05, 3.63) is 100 Å². The highest BCUT2D eigenvalue weighted by molar-refractivity contribution is 6.46. The number of carbonyl (C=O) groups is 2. The lowest BCUT2D eigenvalue weighted by Gasteiger charge is -2.26. The minimum atomic E-state index is -0.735. The predicted molar refractivity (Wildman–Crippen MR) is 149 cm³/mol. The second kappa shape index (κ2) is 10.8. The van der Waals surface area contributed by atoms with Crippen molar-refractivity contribution in [2.75, 3.05) is 6.61 Å². The van der Waals surface area contributed by atoms with Crippen molar-refractivity contribution in [1.82, 2.24) is 9.88 Å². The Bertz CT molecular complexity index is 1350. The summed E-state index contributed by atoms with van der Waals surface area (Å²) in [6.45, 7) is 13.2. The van der Waals surface area contributed by atoms with Crippen LogP contribution < -0.4 is 4.74 Å². The summed E-state index contributed by atoms with van der Waals surface area (Å²) in [5, 5.41) is 11.5. The number of benzene rings is 2. The Morgan fingerprint density at radius 3 is 2.37 bits per heavy atom. The summed E-state index contributed by atoms with van der Waals surface area (Å²) in [5.41, 5.74) is 4.04. The number of ether oxygens (including phenoxy) is 1. The molecule has 1 N–H and O–H groups in total. The molecular weight excluding hydrogens is 476 g/mol. The average molecular weight is 513 g/mol. The zero-order valence-electron chi connectivity index (χ0n) is 23.0. The molecule has 3 aromatic rings. The number of rotatable bonds is 7. The van der Waals surface area contributed by atoms with Gasteiger partial charge in [-0.3, -0.25) is 14.6 Å². The highest BCUT2D eigenvalue weighted by Gasteiger charge is 2.46. The fourth-order valence-electron chi connectivity index (χ4n) is 4.61. The van der Waals surface area contributed by atoms with Crippen molar-refractivity contribution < 1.29 is 19.4 Å². The normalized spacial score (nSPS) is 17.3. The second-order valence-corrected chi connectivity index (χ2v) is 11.3. The first-order valence-electron chi connectivity index (χ1n) is 13.0. The van der Waals surface area contributed by atoms with Gasteiger partial charge in [-0.2, -0.15) is 0 Å². The number of amides is 1. The van der Waals surface area contributed by atoms with Crippen LogP contribution in [-0.2, 0) is 21.5 Å². The Hall–Kier alpha value is -3.93. The van der Waals surface area contributed by atoms with E-state index in [0.29, 0.717) is 18.1 Å². The number of ketones is 1. The molecule has 4 rings (SSSR count). The van der Waals surface area contributed by atoms with Gasteiger partial charge in [0.1, 0.15) is 11.5 Å². The number of hydrogen-bond donors (Lipinski definition) is 1. The molecule has 1 fully saturated rings. The summed E-state index contributed by atoms with van der Waals surface area (Å²) in [6, 6.07) is 16.2. The Kier molecular flexibility index (Phi) is 7.72. The Balaban J connectivity index is 1.80. The third-order valence-electron chi connectivity index (χ3n) is 6.73. The number of aryl methyl sites for hydroxylation is 1. The number of aromatic nitrogens is 1. The number of likely N-dealkylation sites (tertiary alicyclic amines) is 1. The molecular formula is C32H36N2O4. The van der Waals surface area contributed by atoms with Crippen molar-refractivity contribution in [2.45, 2.75) is 59.5 Å². The fraction of sp³-hybridized carbons (Fsp3) is 0.344. The average Bonchev–Trinajstić information content (AvgIpc) is 3.12. The lowest BCUT2D eigenvalue weighted by Crippen LogP contribution is -2.29. The van der Waals surface area contributed by atoms with Crippen LogP contribution in [0.4, 0.5) is 0 Å². The van der Waals surface area contributed by atoms with E-state index < -0.39 is 17.7 Å². The lowest BCUT2D eigenvalue weighted by molar-refractivity contribution is -0.140. The standard InChI is InChI=1S/C32H36N2O4/c1-20(2)19-38-26-14-11-24(16-21(26)3)29(35)27-28(23-9-12-25(13-10-23)32(4,5)6)34(31(37)30(27)36)18-22-8-7-15-33-17-22/h7-17,20,28,35H,18-19H2,1-6H3/t28-/m0/s1. The molecule has 1 saturated heterocycles. The van der Waals surface area contributed by atoms with Crippen molar-refractivity contribution in [3.8, 4) is 5.75 Å². The summed E-state index contributed by atoms with van der Waals surface area (Å²) in [7, 11) is 0. The van der Waals surface area contributed by atoms with Crippen LogP contribution in [-0.4, -0.2) is 33.3 Å². The summed E-state index contributed by atoms with van der Waals surface area (Å²) in [4.78, 5) is 32.4. The predicted octanol–water partition coefficient (Wildman–Crippen LogP) is 6.34. The smallest absolute Gasteiger partial charge is 0.295 e. The van der Waals surface area contributed by atoms with Crippen LogP contribution >= 0.6 is 0 Å². The van der Waals surface area contributed by atoms with Crippen molar-refractivity contribution >= 4 is 17.4 Å². The summed E-state index contributed by atoms with van der Waals surface area (Å²) >= 11 is 0. The van der Waals surface area contributed by atoms with Gasteiger partial charge in [0.25, 0.3) is 11.7 Å². The lowest BCUT2D eigenvalue weighted by atomic mass is 9.85. The molecule has 0 aliphatic carbocycles. The largest absolute Gasteiger partial charge is 0.507 e. The van der Waals surface area contributed by atoms with Crippen molar-refractivity contribution in [2.24, 2.45) is 5.92 Å². The Morgan fingerprint density at radius 2 is 1.79 bits per heavy atom. The molecule has 0 spiro atoms. The summed E-state index contributed by atoms with van der Waals surface area (Å²) in [5.74, 6) is -0.437. The monoisotopic (exact) mass is 512 g/mol. The number of nitrogens with zero attached hydrogens (tertiary/aromatic N) is 2. The van der Waals surface area contributed by atoms with Crippen LogP contribution in [0, 0.1) is 12.8 Å². The molecule has 1 amide bonds. The first kappa shape index (κ1) is 27.1. The molecule has 0 radical (unpaired) electrons. The highest BCUT2D eigenvalue weighted by Crippen LogP contribution is 2.41. The number of pyridine rings is 1. The first-order chi connectivity index (χ1) is 18.0. The molecule has 1 aliphatic rings. The van der Waals surface area contributed by atoms with E-state index in [1.54, 1.807) is 36.7 Å². The van der Waals surface area contributed by atoms with Gasteiger partial charge >= 0.3 is 0 Å².